The van der Waals surface area contributed by atoms with Gasteiger partial charge in [0.1, 0.15) is 17.1 Å². The molecule has 0 radical (unpaired) electrons. The molecule has 0 bridgehead atoms. The Bertz CT molecular complexity index is 838. The molecule has 7 nitrogen and oxygen atoms in total. The van der Waals surface area contributed by atoms with Crippen LogP contribution in [0.2, 0.25) is 0 Å². The SMILES string of the molecule is O=C(c1ccc2nsnc2c1)N1CCC(Oc2cccnn2)C1. The van der Waals surface area contributed by atoms with Crippen LogP contribution >= 0.6 is 11.7 Å². The molecule has 1 aliphatic heterocycles. The fraction of sp³-hybridized carbons (Fsp3) is 0.267. The highest BCUT2D eigenvalue weighted by Gasteiger charge is 2.28. The van der Waals surface area contributed by atoms with Crippen molar-refractivity contribution in [2.45, 2.75) is 12.5 Å². The lowest BCUT2D eigenvalue weighted by Crippen LogP contribution is -2.31. The van der Waals surface area contributed by atoms with Crippen LogP contribution in [0.4, 0.5) is 0 Å². The predicted molar refractivity (Wildman–Crippen MR) is 84.4 cm³/mol. The van der Waals surface area contributed by atoms with E-state index in [1.54, 1.807) is 35.4 Å². The highest BCUT2D eigenvalue weighted by atomic mass is 32.1. The molecule has 1 saturated heterocycles. The molecule has 0 spiro atoms. The van der Waals surface area contributed by atoms with Crippen LogP contribution in [-0.4, -0.2) is 48.9 Å². The van der Waals surface area contributed by atoms with E-state index in [4.69, 9.17) is 4.74 Å². The molecule has 2 aromatic heterocycles. The third-order valence-electron chi connectivity index (χ3n) is 3.77. The van der Waals surface area contributed by atoms with Crippen molar-refractivity contribution < 1.29 is 9.53 Å². The molecule has 1 aromatic carbocycles. The van der Waals surface area contributed by atoms with E-state index in [1.165, 1.54) is 0 Å². The van der Waals surface area contributed by atoms with Gasteiger partial charge in [-0.05, 0) is 24.3 Å². The lowest BCUT2D eigenvalue weighted by atomic mass is 10.2. The van der Waals surface area contributed by atoms with Gasteiger partial charge in [0.2, 0.25) is 5.88 Å². The zero-order chi connectivity index (χ0) is 15.6. The summed E-state index contributed by atoms with van der Waals surface area (Å²) < 4.78 is 14.1. The normalized spacial score (nSPS) is 17.6. The highest BCUT2D eigenvalue weighted by Crippen LogP contribution is 2.20. The highest BCUT2D eigenvalue weighted by molar-refractivity contribution is 7.00. The summed E-state index contributed by atoms with van der Waals surface area (Å²) in [6.07, 6.45) is 2.32. The monoisotopic (exact) mass is 327 g/mol. The second-order valence-corrected chi connectivity index (χ2v) is 5.84. The van der Waals surface area contributed by atoms with E-state index in [0.717, 1.165) is 29.2 Å². The van der Waals surface area contributed by atoms with Gasteiger partial charge in [-0.15, -0.1) is 5.10 Å². The van der Waals surface area contributed by atoms with Crippen LogP contribution in [0.1, 0.15) is 16.8 Å². The number of amides is 1. The Morgan fingerprint density at radius 2 is 2.17 bits per heavy atom. The van der Waals surface area contributed by atoms with Crippen molar-refractivity contribution in [2.75, 3.05) is 13.1 Å². The van der Waals surface area contributed by atoms with Gasteiger partial charge in [-0.1, -0.05) is 0 Å². The maximum atomic E-state index is 12.6. The van der Waals surface area contributed by atoms with E-state index in [-0.39, 0.29) is 12.0 Å². The van der Waals surface area contributed by atoms with Crippen molar-refractivity contribution in [1.82, 2.24) is 23.8 Å². The van der Waals surface area contributed by atoms with Gasteiger partial charge in [-0.25, -0.2) is 0 Å². The first-order chi connectivity index (χ1) is 11.3. The summed E-state index contributed by atoms with van der Waals surface area (Å²) in [7, 11) is 0. The molecule has 8 heteroatoms. The number of benzene rings is 1. The topological polar surface area (TPSA) is 81.1 Å². The predicted octanol–water partition coefficient (Wildman–Crippen LogP) is 1.77. The molecule has 1 aliphatic rings. The lowest BCUT2D eigenvalue weighted by Gasteiger charge is -2.16. The molecule has 3 heterocycles. The van der Waals surface area contributed by atoms with Crippen molar-refractivity contribution in [3.63, 3.8) is 0 Å². The number of carbonyl (C=O) groups excluding carboxylic acids is 1. The number of carbonyl (C=O) groups is 1. The molecule has 1 atom stereocenters. The molecule has 23 heavy (non-hydrogen) atoms. The fourth-order valence-corrected chi connectivity index (χ4v) is 3.14. The zero-order valence-corrected chi connectivity index (χ0v) is 12.9. The Balaban J connectivity index is 1.45. The maximum Gasteiger partial charge on any atom is 0.254 e. The van der Waals surface area contributed by atoms with Gasteiger partial charge in [-0.3, -0.25) is 4.79 Å². The van der Waals surface area contributed by atoms with E-state index in [9.17, 15) is 4.79 Å². The van der Waals surface area contributed by atoms with Crippen LogP contribution < -0.4 is 4.74 Å². The standard InChI is InChI=1S/C15H13N5O2S/c21-15(10-3-4-12-13(8-10)19-23-18-12)20-7-5-11(9-20)22-14-2-1-6-16-17-14/h1-4,6,8,11H,5,7,9H2. The molecule has 3 aromatic rings. The summed E-state index contributed by atoms with van der Waals surface area (Å²) in [5.74, 6) is 0.479. The number of hydrogen-bond donors (Lipinski definition) is 0. The minimum absolute atomic E-state index is 0.00912. The van der Waals surface area contributed by atoms with Crippen molar-refractivity contribution >= 4 is 28.7 Å². The van der Waals surface area contributed by atoms with Gasteiger partial charge in [0.15, 0.2) is 0 Å². The first-order valence-corrected chi connectivity index (χ1v) is 7.98. The molecule has 4 rings (SSSR count). The molecule has 0 saturated carbocycles. The van der Waals surface area contributed by atoms with E-state index in [1.807, 2.05) is 6.07 Å². The minimum Gasteiger partial charge on any atom is -0.471 e. The Hall–Kier alpha value is -2.61. The van der Waals surface area contributed by atoms with Crippen molar-refractivity contribution in [3.8, 4) is 5.88 Å². The molecule has 1 fully saturated rings. The van der Waals surface area contributed by atoms with E-state index in [2.05, 4.69) is 18.9 Å². The van der Waals surface area contributed by atoms with Gasteiger partial charge >= 0.3 is 0 Å². The fourth-order valence-electron chi connectivity index (χ4n) is 2.63. The van der Waals surface area contributed by atoms with E-state index in [0.29, 0.717) is 24.5 Å². The largest absolute Gasteiger partial charge is 0.471 e. The number of rotatable bonds is 3. The van der Waals surface area contributed by atoms with Gasteiger partial charge < -0.3 is 9.64 Å². The second-order valence-electron chi connectivity index (χ2n) is 5.31. The number of nitrogens with zero attached hydrogens (tertiary/aromatic N) is 5. The number of aromatic nitrogens is 4. The molecular weight excluding hydrogens is 314 g/mol. The maximum absolute atomic E-state index is 12.6. The van der Waals surface area contributed by atoms with Gasteiger partial charge in [-0.2, -0.15) is 13.8 Å². The van der Waals surface area contributed by atoms with Crippen LogP contribution in [0.3, 0.4) is 0 Å². The average Bonchev–Trinajstić information content (AvgIpc) is 3.23. The van der Waals surface area contributed by atoms with E-state index < -0.39 is 0 Å². The number of hydrogen-bond acceptors (Lipinski definition) is 7. The zero-order valence-electron chi connectivity index (χ0n) is 12.1. The Labute approximate surface area is 136 Å². The Kier molecular flexibility index (Phi) is 3.58. The van der Waals surface area contributed by atoms with Crippen molar-refractivity contribution in [3.05, 3.63) is 42.1 Å². The van der Waals surface area contributed by atoms with Gasteiger partial charge in [0.25, 0.3) is 5.91 Å². The number of ether oxygens (including phenoxy) is 1. The summed E-state index contributed by atoms with van der Waals surface area (Å²) in [4.78, 5) is 14.4. The molecule has 1 amide bonds. The first-order valence-electron chi connectivity index (χ1n) is 7.25. The van der Waals surface area contributed by atoms with Crippen molar-refractivity contribution in [2.24, 2.45) is 0 Å². The minimum atomic E-state index is -0.0553. The van der Waals surface area contributed by atoms with Crippen molar-refractivity contribution in [1.29, 1.82) is 0 Å². The summed E-state index contributed by atoms with van der Waals surface area (Å²) in [6, 6.07) is 8.95. The summed E-state index contributed by atoms with van der Waals surface area (Å²) >= 11 is 1.15. The molecule has 0 aliphatic carbocycles. The third-order valence-corrected chi connectivity index (χ3v) is 4.32. The van der Waals surface area contributed by atoms with Crippen LogP contribution in [0.5, 0.6) is 5.88 Å². The van der Waals surface area contributed by atoms with Crippen LogP contribution in [0.25, 0.3) is 11.0 Å². The Morgan fingerprint density at radius 3 is 3.04 bits per heavy atom. The molecule has 1 unspecified atom stereocenters. The average molecular weight is 327 g/mol. The van der Waals surface area contributed by atoms with Crippen LogP contribution in [-0.2, 0) is 0 Å². The number of likely N-dealkylation sites (tertiary alicyclic amines) is 1. The second kappa shape index (κ2) is 5.88. The Morgan fingerprint density at radius 1 is 1.26 bits per heavy atom. The van der Waals surface area contributed by atoms with Crippen LogP contribution in [0, 0.1) is 0 Å². The van der Waals surface area contributed by atoms with Gasteiger partial charge in [0, 0.05) is 30.8 Å². The third kappa shape index (κ3) is 2.85. The molecular formula is C15H13N5O2S. The van der Waals surface area contributed by atoms with Crippen LogP contribution in [0.15, 0.2) is 36.5 Å². The first kappa shape index (κ1) is 14.0. The quantitative estimate of drug-likeness (QED) is 0.729. The number of fused-ring (bicyclic) bond motifs is 1. The van der Waals surface area contributed by atoms with E-state index >= 15 is 0 Å². The molecule has 0 N–H and O–H groups in total. The summed E-state index contributed by atoms with van der Waals surface area (Å²) in [6.45, 7) is 1.21. The lowest BCUT2D eigenvalue weighted by molar-refractivity contribution is 0.0771. The molecule has 116 valence electrons. The smallest absolute Gasteiger partial charge is 0.254 e. The summed E-state index contributed by atoms with van der Waals surface area (Å²) in [5.41, 5.74) is 2.20. The van der Waals surface area contributed by atoms with Gasteiger partial charge in [0.05, 0.1) is 18.3 Å². The summed E-state index contributed by atoms with van der Waals surface area (Å²) in [5, 5.41) is 7.69.